The summed E-state index contributed by atoms with van der Waals surface area (Å²) in [4.78, 5) is 11.6. The van der Waals surface area contributed by atoms with Crippen molar-refractivity contribution < 1.29 is 9.90 Å². The van der Waals surface area contributed by atoms with Crippen molar-refractivity contribution in [2.45, 2.75) is 52.4 Å². The number of carbonyl (C=O) groups excluding carboxylic acids is 1. The molecule has 0 saturated carbocycles. The Morgan fingerprint density at radius 1 is 1.40 bits per heavy atom. The minimum atomic E-state index is -0.470. The molecule has 0 saturated heterocycles. The van der Waals surface area contributed by atoms with Crippen LogP contribution >= 0.6 is 0 Å². The van der Waals surface area contributed by atoms with Crippen molar-refractivity contribution in [2.24, 2.45) is 11.8 Å². The van der Waals surface area contributed by atoms with E-state index in [0.717, 1.165) is 18.4 Å². The molecule has 4 nitrogen and oxygen atoms in total. The fraction of sp³-hybridized carbons (Fsp3) is 0.562. The van der Waals surface area contributed by atoms with Crippen molar-refractivity contribution in [1.82, 2.24) is 5.43 Å². The lowest BCUT2D eigenvalue weighted by atomic mass is 9.79. The molecule has 0 fully saturated rings. The van der Waals surface area contributed by atoms with Gasteiger partial charge < -0.3 is 5.11 Å². The van der Waals surface area contributed by atoms with Crippen molar-refractivity contribution in [1.29, 1.82) is 0 Å². The number of aromatic hydroxyl groups is 1. The number of benzene rings is 1. The number of phenolic OH excluding ortho intramolecular Hbond substituents is 1. The Hall–Kier alpha value is -1.55. The highest BCUT2D eigenvalue weighted by molar-refractivity contribution is 5.96. The van der Waals surface area contributed by atoms with Gasteiger partial charge in [0.15, 0.2) is 0 Å². The Morgan fingerprint density at radius 3 is 2.60 bits per heavy atom. The van der Waals surface area contributed by atoms with Crippen molar-refractivity contribution in [2.75, 3.05) is 0 Å². The highest BCUT2D eigenvalue weighted by Crippen LogP contribution is 2.32. The molecule has 1 rings (SSSR count). The Bertz CT molecular complexity index is 468. The highest BCUT2D eigenvalue weighted by Gasteiger charge is 2.22. The summed E-state index contributed by atoms with van der Waals surface area (Å²) in [6.07, 6.45) is 3.38. The van der Waals surface area contributed by atoms with E-state index in [9.17, 15) is 9.90 Å². The van der Waals surface area contributed by atoms with Crippen LogP contribution in [-0.4, -0.2) is 11.0 Å². The number of nitrogen functional groups attached to an aromatic ring is 1. The second kappa shape index (κ2) is 6.75. The number of rotatable bonds is 6. The van der Waals surface area contributed by atoms with Crippen LogP contribution in [0.25, 0.3) is 0 Å². The summed E-state index contributed by atoms with van der Waals surface area (Å²) < 4.78 is 0. The monoisotopic (exact) mass is 278 g/mol. The Morgan fingerprint density at radius 2 is 2.05 bits per heavy atom. The normalized spacial score (nSPS) is 11.7. The predicted molar refractivity (Wildman–Crippen MR) is 81.5 cm³/mol. The highest BCUT2D eigenvalue weighted by atomic mass is 16.3. The molecule has 0 radical (unpaired) electrons. The molecule has 0 aromatic heterocycles. The number of phenols is 1. The van der Waals surface area contributed by atoms with Crippen LogP contribution in [-0.2, 0) is 5.41 Å². The first-order valence-corrected chi connectivity index (χ1v) is 7.12. The molecule has 112 valence electrons. The predicted octanol–water partition coefficient (Wildman–Crippen LogP) is 3.10. The molecule has 0 atom stereocenters. The zero-order valence-corrected chi connectivity index (χ0v) is 12.9. The summed E-state index contributed by atoms with van der Waals surface area (Å²) in [6, 6.07) is 5.16. The van der Waals surface area contributed by atoms with Crippen molar-refractivity contribution in [3.8, 4) is 5.75 Å². The van der Waals surface area contributed by atoms with Gasteiger partial charge in [-0.05, 0) is 35.4 Å². The Labute approximate surface area is 121 Å². The standard InChI is InChI=1S/C16H26N2O2/c1-11(2)6-5-9-16(3,4)12-7-8-14(19)13(10-12)15(20)18-17/h7-8,10-11,19H,5-6,9,17H2,1-4H3,(H,18,20). The smallest absolute Gasteiger partial charge is 0.268 e. The first kappa shape index (κ1) is 16.5. The summed E-state index contributed by atoms with van der Waals surface area (Å²) in [5, 5.41) is 9.73. The van der Waals surface area contributed by atoms with Gasteiger partial charge in [0, 0.05) is 0 Å². The first-order valence-electron chi connectivity index (χ1n) is 7.12. The number of amides is 1. The molecule has 1 aromatic carbocycles. The molecular formula is C16H26N2O2. The molecule has 0 aliphatic rings. The van der Waals surface area contributed by atoms with Crippen LogP contribution in [0.2, 0.25) is 0 Å². The molecule has 0 aliphatic heterocycles. The van der Waals surface area contributed by atoms with E-state index < -0.39 is 5.91 Å². The molecule has 0 aliphatic carbocycles. The molecule has 1 aromatic rings. The lowest BCUT2D eigenvalue weighted by Gasteiger charge is -2.26. The lowest BCUT2D eigenvalue weighted by Crippen LogP contribution is -2.30. The van der Waals surface area contributed by atoms with E-state index in [1.54, 1.807) is 12.1 Å². The number of hydrogen-bond donors (Lipinski definition) is 3. The van der Waals surface area contributed by atoms with E-state index in [4.69, 9.17) is 5.84 Å². The lowest BCUT2D eigenvalue weighted by molar-refractivity contribution is 0.0951. The molecule has 20 heavy (non-hydrogen) atoms. The molecule has 0 spiro atoms. The minimum absolute atomic E-state index is 0.0355. The fourth-order valence-electron chi connectivity index (χ4n) is 2.31. The second-order valence-corrected chi connectivity index (χ2v) is 6.38. The number of hydrogen-bond acceptors (Lipinski definition) is 3. The quantitative estimate of drug-likeness (QED) is 0.425. The molecule has 1 amide bonds. The van der Waals surface area contributed by atoms with Gasteiger partial charge in [-0.15, -0.1) is 0 Å². The van der Waals surface area contributed by atoms with Crippen LogP contribution in [0.5, 0.6) is 5.75 Å². The summed E-state index contributed by atoms with van der Waals surface area (Å²) in [6.45, 7) is 8.75. The number of nitrogens with two attached hydrogens (primary N) is 1. The van der Waals surface area contributed by atoms with Crippen LogP contribution in [0.15, 0.2) is 18.2 Å². The zero-order chi connectivity index (χ0) is 15.3. The van der Waals surface area contributed by atoms with Gasteiger partial charge in [0.2, 0.25) is 0 Å². The average molecular weight is 278 g/mol. The van der Waals surface area contributed by atoms with Gasteiger partial charge in [-0.2, -0.15) is 0 Å². The largest absolute Gasteiger partial charge is 0.507 e. The Balaban J connectivity index is 2.92. The maximum atomic E-state index is 11.6. The van der Waals surface area contributed by atoms with Crippen LogP contribution in [0.4, 0.5) is 0 Å². The molecule has 0 unspecified atom stereocenters. The maximum absolute atomic E-state index is 11.6. The van der Waals surface area contributed by atoms with Gasteiger partial charge >= 0.3 is 0 Å². The van der Waals surface area contributed by atoms with Gasteiger partial charge in [-0.25, -0.2) is 5.84 Å². The van der Waals surface area contributed by atoms with E-state index >= 15 is 0 Å². The van der Waals surface area contributed by atoms with Crippen molar-refractivity contribution in [3.63, 3.8) is 0 Å². The minimum Gasteiger partial charge on any atom is -0.507 e. The van der Waals surface area contributed by atoms with Crippen LogP contribution in [0.1, 0.15) is 62.9 Å². The van der Waals surface area contributed by atoms with E-state index in [2.05, 4.69) is 33.1 Å². The van der Waals surface area contributed by atoms with Gasteiger partial charge in [-0.3, -0.25) is 10.2 Å². The molecule has 4 heteroatoms. The summed E-state index contributed by atoms with van der Waals surface area (Å²) in [5.74, 6) is 5.32. The van der Waals surface area contributed by atoms with E-state index in [-0.39, 0.29) is 16.7 Å². The number of hydrazine groups is 1. The van der Waals surface area contributed by atoms with Gasteiger partial charge in [0.05, 0.1) is 5.56 Å². The van der Waals surface area contributed by atoms with Crippen LogP contribution in [0.3, 0.4) is 0 Å². The van der Waals surface area contributed by atoms with Crippen LogP contribution < -0.4 is 11.3 Å². The number of carbonyl (C=O) groups is 1. The molecule has 0 heterocycles. The fourth-order valence-corrected chi connectivity index (χ4v) is 2.31. The Kier molecular flexibility index (Phi) is 5.57. The van der Waals surface area contributed by atoms with Crippen molar-refractivity contribution in [3.05, 3.63) is 29.3 Å². The number of nitrogens with one attached hydrogen (secondary N) is 1. The van der Waals surface area contributed by atoms with Crippen LogP contribution in [0, 0.1) is 5.92 Å². The topological polar surface area (TPSA) is 75.3 Å². The van der Waals surface area contributed by atoms with E-state index in [1.807, 2.05) is 6.07 Å². The van der Waals surface area contributed by atoms with Gasteiger partial charge in [0.25, 0.3) is 5.91 Å². The first-order chi connectivity index (χ1) is 9.27. The molecular weight excluding hydrogens is 252 g/mol. The van der Waals surface area contributed by atoms with Crippen molar-refractivity contribution >= 4 is 5.91 Å². The second-order valence-electron chi connectivity index (χ2n) is 6.38. The third kappa shape index (κ3) is 4.23. The summed E-state index contributed by atoms with van der Waals surface area (Å²) in [5.41, 5.74) is 3.29. The van der Waals surface area contributed by atoms with E-state index in [0.29, 0.717) is 5.92 Å². The molecule has 4 N–H and O–H groups in total. The maximum Gasteiger partial charge on any atom is 0.268 e. The van der Waals surface area contributed by atoms with Gasteiger partial charge in [-0.1, -0.05) is 46.6 Å². The summed E-state index contributed by atoms with van der Waals surface area (Å²) in [7, 11) is 0. The third-order valence-corrected chi connectivity index (χ3v) is 3.74. The zero-order valence-electron chi connectivity index (χ0n) is 12.9. The third-order valence-electron chi connectivity index (χ3n) is 3.74. The summed E-state index contributed by atoms with van der Waals surface area (Å²) >= 11 is 0. The van der Waals surface area contributed by atoms with E-state index in [1.165, 1.54) is 6.42 Å². The average Bonchev–Trinajstić information content (AvgIpc) is 2.37. The SMILES string of the molecule is CC(C)CCCC(C)(C)c1ccc(O)c(C(=O)NN)c1. The van der Waals surface area contributed by atoms with Gasteiger partial charge in [0.1, 0.15) is 5.75 Å². The molecule has 0 bridgehead atoms.